The van der Waals surface area contributed by atoms with Crippen molar-refractivity contribution in [1.82, 2.24) is 10.6 Å². The van der Waals surface area contributed by atoms with Gasteiger partial charge in [0, 0.05) is 12.0 Å². The van der Waals surface area contributed by atoms with E-state index in [1.165, 1.54) is 11.6 Å². The molecule has 1 saturated carbocycles. The van der Waals surface area contributed by atoms with E-state index in [1.807, 2.05) is 45.9 Å². The van der Waals surface area contributed by atoms with Gasteiger partial charge >= 0.3 is 5.97 Å². The Morgan fingerprint density at radius 3 is 2.32 bits per heavy atom. The van der Waals surface area contributed by atoms with Gasteiger partial charge in [-0.15, -0.1) is 0 Å². The van der Waals surface area contributed by atoms with Crippen molar-refractivity contribution in [3.8, 4) is 0 Å². The summed E-state index contributed by atoms with van der Waals surface area (Å²) in [6.07, 6.45) is 4.45. The Balaban J connectivity index is 1.74. The van der Waals surface area contributed by atoms with Crippen LogP contribution < -0.4 is 10.6 Å². The zero-order valence-corrected chi connectivity index (χ0v) is 25.8. The molecule has 41 heavy (non-hydrogen) atoms. The van der Waals surface area contributed by atoms with Crippen LogP contribution in [0.15, 0.2) is 48.8 Å². The third-order valence-electron chi connectivity index (χ3n) is 8.17. The summed E-state index contributed by atoms with van der Waals surface area (Å²) in [5, 5.41) is 24.2. The molecule has 6 atom stereocenters. The van der Waals surface area contributed by atoms with Crippen LogP contribution in [-0.2, 0) is 25.7 Å². The summed E-state index contributed by atoms with van der Waals surface area (Å²) in [6.45, 7) is 17.8. The second-order valence-electron chi connectivity index (χ2n) is 12.6. The van der Waals surface area contributed by atoms with Crippen LogP contribution in [-0.4, -0.2) is 46.7 Å². The van der Waals surface area contributed by atoms with Gasteiger partial charge in [0.1, 0.15) is 6.04 Å². The van der Waals surface area contributed by atoms with Gasteiger partial charge in [0.15, 0.2) is 6.10 Å². The number of hydrogen-bond acceptors (Lipinski definition) is 5. The molecule has 6 unspecified atom stereocenters. The van der Waals surface area contributed by atoms with Crippen molar-refractivity contribution in [1.29, 1.82) is 0 Å². The van der Waals surface area contributed by atoms with Gasteiger partial charge in [-0.2, -0.15) is 0 Å². The quantitative estimate of drug-likeness (QED) is 0.151. The summed E-state index contributed by atoms with van der Waals surface area (Å²) in [7, 11) is 0. The lowest BCUT2D eigenvalue weighted by molar-refractivity contribution is -0.149. The van der Waals surface area contributed by atoms with E-state index in [1.54, 1.807) is 6.92 Å². The normalized spacial score (nSPS) is 20.8. The van der Waals surface area contributed by atoms with Crippen LogP contribution in [0.3, 0.4) is 0 Å². The van der Waals surface area contributed by atoms with E-state index in [0.29, 0.717) is 30.1 Å². The molecule has 0 aromatic heterocycles. The number of carbonyl (C=O) groups is 3. The van der Waals surface area contributed by atoms with Crippen molar-refractivity contribution in [2.24, 2.45) is 29.1 Å². The fourth-order valence-corrected chi connectivity index (χ4v) is 5.32. The third-order valence-corrected chi connectivity index (χ3v) is 8.17. The van der Waals surface area contributed by atoms with Gasteiger partial charge in [-0.25, -0.2) is 4.79 Å². The molecule has 0 saturated heterocycles. The Morgan fingerprint density at radius 1 is 1.12 bits per heavy atom. The van der Waals surface area contributed by atoms with Gasteiger partial charge < -0.3 is 25.6 Å². The lowest BCUT2D eigenvalue weighted by Gasteiger charge is -2.30. The number of allylic oxidation sites excluding steroid dienone is 1. The number of carboxylic acids is 1. The summed E-state index contributed by atoms with van der Waals surface area (Å²) in [6, 6.07) is 7.47. The minimum Gasteiger partial charge on any atom is -0.483 e. The largest absolute Gasteiger partial charge is 0.483 e. The van der Waals surface area contributed by atoms with Crippen LogP contribution in [0.2, 0.25) is 0 Å². The lowest BCUT2D eigenvalue weighted by atomic mass is 9.91. The van der Waals surface area contributed by atoms with Gasteiger partial charge in [0.05, 0.1) is 12.4 Å². The summed E-state index contributed by atoms with van der Waals surface area (Å²) in [5.41, 5.74) is 1.54. The molecule has 8 nitrogen and oxygen atoms in total. The van der Waals surface area contributed by atoms with E-state index in [4.69, 9.17) is 4.74 Å². The van der Waals surface area contributed by atoms with E-state index in [2.05, 4.69) is 43.2 Å². The maximum absolute atomic E-state index is 12.6. The predicted octanol–water partition coefficient (Wildman–Crippen LogP) is 5.18. The van der Waals surface area contributed by atoms with E-state index in [0.717, 1.165) is 18.4 Å². The summed E-state index contributed by atoms with van der Waals surface area (Å²) >= 11 is 0. The minimum absolute atomic E-state index is 0.0582. The fourth-order valence-electron chi connectivity index (χ4n) is 5.32. The molecule has 0 bridgehead atoms. The first kappa shape index (κ1) is 34.1. The smallest absolute Gasteiger partial charge is 0.344 e. The van der Waals surface area contributed by atoms with Crippen molar-refractivity contribution in [3.05, 3.63) is 59.9 Å². The summed E-state index contributed by atoms with van der Waals surface area (Å²) in [4.78, 5) is 36.5. The second-order valence-corrected chi connectivity index (χ2v) is 12.6. The Morgan fingerprint density at radius 2 is 1.76 bits per heavy atom. The van der Waals surface area contributed by atoms with Crippen LogP contribution in [0, 0.1) is 29.1 Å². The number of aliphatic hydroxyl groups excluding tert-OH is 1. The highest BCUT2D eigenvalue weighted by Gasteiger charge is 2.49. The number of rotatable bonds is 17. The maximum atomic E-state index is 12.6. The monoisotopic (exact) mass is 570 g/mol. The number of ether oxygens (including phenoxy) is 1. The predicted molar refractivity (Wildman–Crippen MR) is 161 cm³/mol. The molecule has 2 rings (SSSR count). The summed E-state index contributed by atoms with van der Waals surface area (Å²) < 4.78 is 5.65. The summed E-state index contributed by atoms with van der Waals surface area (Å²) in [5.74, 6) is 0.984. The third kappa shape index (κ3) is 10.3. The Labute approximate surface area is 245 Å². The van der Waals surface area contributed by atoms with Crippen LogP contribution in [0.25, 0.3) is 0 Å². The molecular formula is C33H50N2O6. The Hall–Kier alpha value is -3.13. The Bertz CT molecular complexity index is 1080. The molecule has 4 N–H and O–H groups in total. The lowest BCUT2D eigenvalue weighted by Crippen LogP contribution is -2.47. The molecule has 228 valence electrons. The van der Waals surface area contributed by atoms with Gasteiger partial charge in [-0.05, 0) is 73.0 Å². The molecule has 0 aliphatic heterocycles. The highest BCUT2D eigenvalue weighted by molar-refractivity contribution is 5.92. The molecule has 0 spiro atoms. The molecule has 1 aromatic rings. The Kier molecular flexibility index (Phi) is 12.6. The second kappa shape index (κ2) is 15.2. The first-order valence-electron chi connectivity index (χ1n) is 14.7. The first-order valence-corrected chi connectivity index (χ1v) is 14.7. The number of amides is 2. The standard InChI is InChI=1S/C33H50N2O6/c1-20(2)17-27(32(39)40)41-24(6)33(7,8)19-34-31(38)23(5)35-28(37)12-10-9-11-21(3)29-22(4)30(29)26-15-13-25(18-36)14-16-26/h10,12-16,20-23,27,29-30,36H,6,9,11,17-19H2,1-5,7-8H3,(H,34,38)(H,35,37)(H,39,40)/b12-10+. The topological polar surface area (TPSA) is 125 Å². The number of carboxylic acid groups (broad SMARTS) is 1. The van der Waals surface area contributed by atoms with E-state index < -0.39 is 23.5 Å². The molecule has 1 aliphatic rings. The zero-order chi connectivity index (χ0) is 30.9. The van der Waals surface area contributed by atoms with Gasteiger partial charge in [0.2, 0.25) is 11.8 Å². The van der Waals surface area contributed by atoms with E-state index in [-0.39, 0.29) is 36.6 Å². The van der Waals surface area contributed by atoms with E-state index >= 15 is 0 Å². The zero-order valence-electron chi connectivity index (χ0n) is 25.8. The average molecular weight is 571 g/mol. The number of aliphatic carboxylic acids is 1. The fraction of sp³-hybridized carbons (Fsp3) is 0.606. The van der Waals surface area contributed by atoms with Crippen LogP contribution >= 0.6 is 0 Å². The van der Waals surface area contributed by atoms with E-state index in [9.17, 15) is 24.6 Å². The van der Waals surface area contributed by atoms with Gasteiger partial charge in [0.25, 0.3) is 0 Å². The van der Waals surface area contributed by atoms with Crippen molar-refractivity contribution >= 4 is 17.8 Å². The molecule has 1 aromatic carbocycles. The molecule has 2 amide bonds. The van der Waals surface area contributed by atoms with Crippen molar-refractivity contribution < 1.29 is 29.3 Å². The highest BCUT2D eigenvalue weighted by Crippen LogP contribution is 2.58. The van der Waals surface area contributed by atoms with Gasteiger partial charge in [-0.3, -0.25) is 9.59 Å². The molecule has 0 radical (unpaired) electrons. The number of nitrogens with one attached hydrogen (secondary N) is 2. The van der Waals surface area contributed by atoms with Crippen molar-refractivity contribution in [2.45, 2.75) is 92.4 Å². The van der Waals surface area contributed by atoms with Crippen LogP contribution in [0.5, 0.6) is 0 Å². The molecule has 0 heterocycles. The van der Waals surface area contributed by atoms with Gasteiger partial charge in [-0.1, -0.05) is 78.5 Å². The minimum atomic E-state index is -1.05. The number of hydrogen-bond donors (Lipinski definition) is 4. The molecule has 1 fully saturated rings. The molecule has 8 heteroatoms. The maximum Gasteiger partial charge on any atom is 0.344 e. The SMILES string of the molecule is C=C(OC(CC(C)C)C(=O)O)C(C)(C)CNC(=O)C(C)NC(=O)/C=C/CCC(C)C1C(C)C1c1ccc(CO)cc1. The molecule has 1 aliphatic carbocycles. The van der Waals surface area contributed by atoms with Crippen LogP contribution in [0.4, 0.5) is 0 Å². The first-order chi connectivity index (χ1) is 19.2. The van der Waals surface area contributed by atoms with Crippen molar-refractivity contribution in [3.63, 3.8) is 0 Å². The molecular weight excluding hydrogens is 520 g/mol. The van der Waals surface area contributed by atoms with Crippen molar-refractivity contribution in [2.75, 3.05) is 6.54 Å². The number of benzene rings is 1. The highest BCUT2D eigenvalue weighted by atomic mass is 16.5. The number of carbonyl (C=O) groups excluding carboxylic acids is 2. The van der Waals surface area contributed by atoms with Crippen LogP contribution in [0.1, 0.15) is 84.8 Å². The number of aliphatic hydroxyl groups is 1. The average Bonchev–Trinajstić information content (AvgIpc) is 3.59.